The quantitative estimate of drug-likeness (QED) is 0.737. The average molecular weight is 230 g/mol. The smallest absolute Gasteiger partial charge is 0.0826 e. The van der Waals surface area contributed by atoms with Gasteiger partial charge in [-0.3, -0.25) is 0 Å². The van der Waals surface area contributed by atoms with E-state index in [1.807, 2.05) is 12.1 Å². The van der Waals surface area contributed by atoms with Gasteiger partial charge in [0, 0.05) is 24.2 Å². The van der Waals surface area contributed by atoms with Gasteiger partial charge in [-0.2, -0.15) is 0 Å². The highest BCUT2D eigenvalue weighted by Gasteiger charge is 2.29. The number of nitrogens with one attached hydrogen (secondary N) is 2. The predicted molar refractivity (Wildman–Crippen MR) is 69.1 cm³/mol. The zero-order valence-corrected chi connectivity index (χ0v) is 9.87. The Labute approximate surface area is 101 Å². The number of piperidine rings is 1. The summed E-state index contributed by atoms with van der Waals surface area (Å²) in [6.07, 6.45) is 2.64. The third kappa shape index (κ3) is 2.21. The summed E-state index contributed by atoms with van der Waals surface area (Å²) in [6, 6.07) is 10.4. The Balaban J connectivity index is 1.84. The van der Waals surface area contributed by atoms with Crippen molar-refractivity contribution < 1.29 is 5.11 Å². The number of hydrogen-bond acceptors (Lipinski definition) is 2. The molecule has 1 aliphatic rings. The normalized spacial score (nSPS) is 25.2. The van der Waals surface area contributed by atoms with Crippen LogP contribution in [0.3, 0.4) is 0 Å². The number of benzene rings is 1. The Morgan fingerprint density at radius 2 is 2.18 bits per heavy atom. The molecule has 1 aliphatic heterocycles. The van der Waals surface area contributed by atoms with Crippen molar-refractivity contribution in [3.63, 3.8) is 0 Å². The van der Waals surface area contributed by atoms with Crippen LogP contribution in [0.5, 0.6) is 0 Å². The first-order chi connectivity index (χ1) is 8.25. The minimum atomic E-state index is -0.584. The maximum Gasteiger partial charge on any atom is 0.0826 e. The summed E-state index contributed by atoms with van der Waals surface area (Å²) >= 11 is 0. The zero-order valence-electron chi connectivity index (χ0n) is 9.87. The molecular weight excluding hydrogens is 212 g/mol. The first-order valence-corrected chi connectivity index (χ1v) is 6.25. The van der Waals surface area contributed by atoms with E-state index in [4.69, 9.17) is 0 Å². The van der Waals surface area contributed by atoms with E-state index in [-0.39, 0.29) is 0 Å². The third-order valence-corrected chi connectivity index (χ3v) is 3.56. The van der Waals surface area contributed by atoms with Gasteiger partial charge in [-0.05, 0) is 36.9 Å². The van der Waals surface area contributed by atoms with Crippen molar-refractivity contribution in [1.82, 2.24) is 10.3 Å². The molecule has 0 amide bonds. The molecular formula is C14H18N2O. The van der Waals surface area contributed by atoms with Crippen LogP contribution in [-0.4, -0.2) is 28.8 Å². The van der Waals surface area contributed by atoms with Crippen molar-refractivity contribution in [2.24, 2.45) is 0 Å². The lowest BCUT2D eigenvalue weighted by Gasteiger charge is -2.32. The van der Waals surface area contributed by atoms with Gasteiger partial charge in [0.2, 0.25) is 0 Å². The van der Waals surface area contributed by atoms with Crippen LogP contribution in [0.4, 0.5) is 0 Å². The Morgan fingerprint density at radius 3 is 2.94 bits per heavy atom. The highest BCUT2D eigenvalue weighted by Crippen LogP contribution is 2.23. The van der Waals surface area contributed by atoms with Crippen LogP contribution in [0, 0.1) is 0 Å². The monoisotopic (exact) mass is 230 g/mol. The Kier molecular flexibility index (Phi) is 2.65. The molecule has 3 heteroatoms. The molecule has 0 radical (unpaired) electrons. The number of para-hydroxylation sites is 1. The van der Waals surface area contributed by atoms with E-state index >= 15 is 0 Å². The fraction of sp³-hybridized carbons (Fsp3) is 0.429. The predicted octanol–water partition coefficient (Wildman–Crippen LogP) is 1.82. The number of hydrogen-bond donors (Lipinski definition) is 3. The first kappa shape index (κ1) is 10.8. The summed E-state index contributed by atoms with van der Waals surface area (Å²) in [5.41, 5.74) is 1.69. The van der Waals surface area contributed by atoms with Gasteiger partial charge in [-0.15, -0.1) is 0 Å². The molecule has 1 aromatic carbocycles. The SMILES string of the molecule is OC1(Cc2cc3ccccc3[nH]2)CCCNC1. The lowest BCUT2D eigenvalue weighted by atomic mass is 9.89. The topological polar surface area (TPSA) is 48.0 Å². The van der Waals surface area contributed by atoms with Gasteiger partial charge in [-0.1, -0.05) is 18.2 Å². The maximum atomic E-state index is 10.5. The molecule has 2 heterocycles. The fourth-order valence-electron chi connectivity index (χ4n) is 2.69. The van der Waals surface area contributed by atoms with E-state index in [0.717, 1.165) is 30.6 Å². The lowest BCUT2D eigenvalue weighted by molar-refractivity contribution is 0.0162. The zero-order chi connectivity index (χ0) is 11.7. The van der Waals surface area contributed by atoms with Crippen LogP contribution in [0.15, 0.2) is 30.3 Å². The van der Waals surface area contributed by atoms with Gasteiger partial charge in [0.05, 0.1) is 5.60 Å². The number of aromatic amines is 1. The molecule has 2 aromatic rings. The number of rotatable bonds is 2. The largest absolute Gasteiger partial charge is 0.388 e. The number of β-amino-alcohol motifs (C(OH)–C–C–N with tert-alkyl or cyclic N) is 1. The summed E-state index contributed by atoms with van der Waals surface area (Å²) < 4.78 is 0. The fourth-order valence-corrected chi connectivity index (χ4v) is 2.69. The number of aliphatic hydroxyl groups is 1. The van der Waals surface area contributed by atoms with E-state index in [9.17, 15) is 5.11 Å². The van der Waals surface area contributed by atoms with Crippen molar-refractivity contribution in [2.45, 2.75) is 24.9 Å². The minimum Gasteiger partial charge on any atom is -0.388 e. The molecule has 0 saturated carbocycles. The summed E-state index contributed by atoms with van der Waals surface area (Å²) in [5.74, 6) is 0. The van der Waals surface area contributed by atoms with E-state index < -0.39 is 5.60 Å². The van der Waals surface area contributed by atoms with Crippen LogP contribution in [0.1, 0.15) is 18.5 Å². The van der Waals surface area contributed by atoms with Crippen molar-refractivity contribution in [2.75, 3.05) is 13.1 Å². The van der Waals surface area contributed by atoms with Crippen LogP contribution in [-0.2, 0) is 6.42 Å². The molecule has 0 bridgehead atoms. The number of aromatic nitrogens is 1. The van der Waals surface area contributed by atoms with Gasteiger partial charge >= 0.3 is 0 Å². The molecule has 0 aliphatic carbocycles. The summed E-state index contributed by atoms with van der Waals surface area (Å²) in [5, 5.41) is 15.0. The molecule has 3 N–H and O–H groups in total. The molecule has 3 rings (SSSR count). The van der Waals surface area contributed by atoms with Gasteiger partial charge in [0.15, 0.2) is 0 Å². The Bertz CT molecular complexity index is 479. The summed E-state index contributed by atoms with van der Waals surface area (Å²) in [6.45, 7) is 1.72. The molecule has 3 nitrogen and oxygen atoms in total. The van der Waals surface area contributed by atoms with Crippen LogP contribution < -0.4 is 5.32 Å². The average Bonchev–Trinajstić information content (AvgIpc) is 2.71. The van der Waals surface area contributed by atoms with E-state index in [1.54, 1.807) is 0 Å². The second kappa shape index (κ2) is 4.17. The van der Waals surface area contributed by atoms with Crippen LogP contribution in [0.25, 0.3) is 10.9 Å². The van der Waals surface area contributed by atoms with Crippen LogP contribution in [0.2, 0.25) is 0 Å². The van der Waals surface area contributed by atoms with Gasteiger partial charge < -0.3 is 15.4 Å². The molecule has 1 aromatic heterocycles. The Hall–Kier alpha value is -1.32. The van der Waals surface area contributed by atoms with Crippen molar-refractivity contribution in [3.8, 4) is 0 Å². The molecule has 1 atom stereocenters. The van der Waals surface area contributed by atoms with E-state index in [2.05, 4.69) is 28.5 Å². The molecule has 90 valence electrons. The molecule has 1 unspecified atom stereocenters. The maximum absolute atomic E-state index is 10.5. The highest BCUT2D eigenvalue weighted by molar-refractivity contribution is 5.80. The number of H-pyrrole nitrogens is 1. The van der Waals surface area contributed by atoms with E-state index in [0.29, 0.717) is 13.0 Å². The molecule has 1 saturated heterocycles. The summed E-state index contributed by atoms with van der Waals surface area (Å²) in [4.78, 5) is 3.38. The van der Waals surface area contributed by atoms with Gasteiger partial charge in [0.25, 0.3) is 0 Å². The summed E-state index contributed by atoms with van der Waals surface area (Å²) in [7, 11) is 0. The second-order valence-corrected chi connectivity index (χ2v) is 5.06. The number of fused-ring (bicyclic) bond motifs is 1. The van der Waals surface area contributed by atoms with Gasteiger partial charge in [-0.25, -0.2) is 0 Å². The standard InChI is InChI=1S/C14H18N2O/c17-14(6-3-7-15-10-14)9-12-8-11-4-1-2-5-13(11)16-12/h1-2,4-5,8,15-17H,3,6-7,9-10H2. The first-order valence-electron chi connectivity index (χ1n) is 6.25. The minimum absolute atomic E-state index is 0.584. The van der Waals surface area contributed by atoms with Crippen molar-refractivity contribution in [3.05, 3.63) is 36.0 Å². The van der Waals surface area contributed by atoms with Crippen molar-refractivity contribution >= 4 is 10.9 Å². The lowest BCUT2D eigenvalue weighted by Crippen LogP contribution is -2.47. The third-order valence-electron chi connectivity index (χ3n) is 3.56. The van der Waals surface area contributed by atoms with E-state index in [1.165, 1.54) is 5.39 Å². The second-order valence-electron chi connectivity index (χ2n) is 5.06. The van der Waals surface area contributed by atoms with Crippen LogP contribution >= 0.6 is 0 Å². The molecule has 1 fully saturated rings. The van der Waals surface area contributed by atoms with Gasteiger partial charge in [0.1, 0.15) is 0 Å². The molecule has 17 heavy (non-hydrogen) atoms. The van der Waals surface area contributed by atoms with Crippen molar-refractivity contribution in [1.29, 1.82) is 0 Å². The Morgan fingerprint density at radius 1 is 1.29 bits per heavy atom. The highest BCUT2D eigenvalue weighted by atomic mass is 16.3. The molecule has 0 spiro atoms.